The molecular formula is C27H28BrN3O. The van der Waals surface area contributed by atoms with Gasteiger partial charge in [0.2, 0.25) is 5.69 Å². The Hall–Kier alpha value is -2.66. The van der Waals surface area contributed by atoms with Gasteiger partial charge in [-0.2, -0.15) is 4.58 Å². The van der Waals surface area contributed by atoms with E-state index in [2.05, 4.69) is 85.0 Å². The van der Waals surface area contributed by atoms with Crippen molar-refractivity contribution < 1.29 is 26.0 Å². The van der Waals surface area contributed by atoms with Crippen molar-refractivity contribution in [3.05, 3.63) is 66.1 Å². The second-order valence-electron chi connectivity index (χ2n) is 9.40. The van der Waals surface area contributed by atoms with Crippen molar-refractivity contribution in [3.8, 4) is 0 Å². The van der Waals surface area contributed by atoms with Gasteiger partial charge < -0.3 is 26.3 Å². The number of nitrogens with zero attached hydrogens (tertiary/aromatic N) is 3. The first-order valence-electron chi connectivity index (χ1n) is 11.3. The lowest BCUT2D eigenvalue weighted by molar-refractivity contribution is -0.402. The van der Waals surface area contributed by atoms with E-state index in [4.69, 9.17) is 9.40 Å². The number of hydrogen-bond donors (Lipinski definition) is 0. The van der Waals surface area contributed by atoms with Crippen LogP contribution in [0.1, 0.15) is 44.6 Å². The second kappa shape index (κ2) is 7.73. The summed E-state index contributed by atoms with van der Waals surface area (Å²) in [6, 6.07) is 19.5. The Morgan fingerprint density at radius 3 is 2.38 bits per heavy atom. The number of piperidine rings is 1. The molecule has 1 aromatic heterocycles. The number of fused-ring (bicyclic) bond motifs is 4. The largest absolute Gasteiger partial charge is 1.00 e. The maximum atomic E-state index is 6.51. The molecule has 4 nitrogen and oxygen atoms in total. The summed E-state index contributed by atoms with van der Waals surface area (Å²) in [5.74, 6) is 0.722. The highest BCUT2D eigenvalue weighted by Crippen LogP contribution is 2.42. The number of benzene rings is 3. The molecule has 164 valence electrons. The van der Waals surface area contributed by atoms with Gasteiger partial charge in [-0.25, -0.2) is 4.98 Å². The minimum atomic E-state index is -0.169. The lowest BCUT2D eigenvalue weighted by Crippen LogP contribution is -3.00. The number of anilines is 1. The van der Waals surface area contributed by atoms with E-state index in [1.165, 1.54) is 47.0 Å². The van der Waals surface area contributed by atoms with Crippen molar-refractivity contribution in [1.82, 2.24) is 4.98 Å². The van der Waals surface area contributed by atoms with Crippen LogP contribution < -0.4 is 21.9 Å². The molecule has 0 spiro atoms. The molecule has 2 aliphatic heterocycles. The molecule has 0 N–H and O–H groups in total. The summed E-state index contributed by atoms with van der Waals surface area (Å²) in [5, 5.41) is 2.44. The molecule has 1 saturated heterocycles. The van der Waals surface area contributed by atoms with Gasteiger partial charge in [-0.15, -0.1) is 0 Å². The van der Waals surface area contributed by atoms with Crippen LogP contribution in [-0.4, -0.2) is 35.4 Å². The highest BCUT2D eigenvalue weighted by Gasteiger charge is 2.47. The van der Waals surface area contributed by atoms with Crippen molar-refractivity contribution in [1.29, 1.82) is 0 Å². The molecule has 1 fully saturated rings. The lowest BCUT2D eigenvalue weighted by Gasteiger charge is -2.29. The molecule has 6 rings (SSSR count). The van der Waals surface area contributed by atoms with Crippen molar-refractivity contribution in [2.24, 2.45) is 0 Å². The zero-order chi connectivity index (χ0) is 21.2. The number of halogens is 1. The van der Waals surface area contributed by atoms with Gasteiger partial charge in [-0.1, -0.05) is 42.5 Å². The molecule has 2 aliphatic rings. The molecule has 0 bridgehead atoms. The number of hydrogen-bond acceptors (Lipinski definition) is 3. The first-order valence-corrected chi connectivity index (χ1v) is 11.3. The molecule has 0 unspecified atom stereocenters. The van der Waals surface area contributed by atoms with Gasteiger partial charge >= 0.3 is 0 Å². The third-order valence-corrected chi connectivity index (χ3v) is 7.14. The number of para-hydroxylation sites is 1. The van der Waals surface area contributed by atoms with Crippen molar-refractivity contribution in [3.63, 3.8) is 0 Å². The fraction of sp³-hybridized carbons (Fsp3) is 0.333. The van der Waals surface area contributed by atoms with E-state index in [0.29, 0.717) is 0 Å². The molecule has 0 atom stereocenters. The van der Waals surface area contributed by atoms with Crippen LogP contribution in [0, 0.1) is 0 Å². The van der Waals surface area contributed by atoms with Crippen LogP contribution in [0.15, 0.2) is 59.0 Å². The molecule has 32 heavy (non-hydrogen) atoms. The average molecular weight is 490 g/mol. The van der Waals surface area contributed by atoms with E-state index in [9.17, 15) is 0 Å². The second-order valence-corrected chi connectivity index (χ2v) is 9.40. The third kappa shape index (κ3) is 3.01. The van der Waals surface area contributed by atoms with Gasteiger partial charge in [0.15, 0.2) is 5.58 Å². The summed E-state index contributed by atoms with van der Waals surface area (Å²) in [6.45, 7) is 6.74. The van der Waals surface area contributed by atoms with Gasteiger partial charge in [-0.3, -0.25) is 0 Å². The average Bonchev–Trinajstić information content (AvgIpc) is 3.30. The van der Waals surface area contributed by atoms with Gasteiger partial charge in [0, 0.05) is 47.2 Å². The number of aromatic nitrogens is 1. The van der Waals surface area contributed by atoms with Crippen LogP contribution >= 0.6 is 0 Å². The Kier molecular flexibility index (Phi) is 5.12. The van der Waals surface area contributed by atoms with E-state index >= 15 is 0 Å². The van der Waals surface area contributed by atoms with Gasteiger partial charge in [0.1, 0.15) is 12.6 Å². The number of rotatable bonds is 2. The number of oxazole rings is 1. The summed E-state index contributed by atoms with van der Waals surface area (Å²) in [4.78, 5) is 7.59. The van der Waals surface area contributed by atoms with Gasteiger partial charge in [-0.05, 0) is 33.1 Å². The molecular weight excluding hydrogens is 462 g/mol. The Bertz CT molecular complexity index is 1360. The predicted octanol–water partition coefficient (Wildman–Crippen LogP) is 3.03. The van der Waals surface area contributed by atoms with E-state index in [0.717, 1.165) is 35.8 Å². The van der Waals surface area contributed by atoms with Crippen LogP contribution in [0.5, 0.6) is 0 Å². The van der Waals surface area contributed by atoms with Crippen LogP contribution in [-0.2, 0) is 5.41 Å². The van der Waals surface area contributed by atoms with Crippen LogP contribution in [0.3, 0.4) is 0 Å². The fourth-order valence-corrected chi connectivity index (χ4v) is 5.61. The van der Waals surface area contributed by atoms with Crippen LogP contribution in [0.25, 0.3) is 21.9 Å². The quantitative estimate of drug-likeness (QED) is 0.405. The van der Waals surface area contributed by atoms with Crippen molar-refractivity contribution in [2.75, 3.05) is 25.0 Å². The molecule has 4 aromatic rings. The highest BCUT2D eigenvalue weighted by molar-refractivity contribution is 6.12. The van der Waals surface area contributed by atoms with E-state index in [1.807, 2.05) is 0 Å². The molecule has 3 heterocycles. The molecule has 0 radical (unpaired) electrons. The topological polar surface area (TPSA) is 32.3 Å². The smallest absolute Gasteiger partial charge is 0.290 e. The zero-order valence-electron chi connectivity index (χ0n) is 18.9. The highest BCUT2D eigenvalue weighted by atomic mass is 79.9. The SMILES string of the molecule is C[N+]1=C(c2nc3c(cc(N4CCCCC4)c4ccccc43)o2)C(C)(C)c2ccccc21.[Br-]. The van der Waals surface area contributed by atoms with Gasteiger partial charge in [0.05, 0.1) is 5.41 Å². The molecule has 0 aliphatic carbocycles. The monoisotopic (exact) mass is 489 g/mol. The summed E-state index contributed by atoms with van der Waals surface area (Å²) in [6.07, 6.45) is 3.83. The zero-order valence-corrected chi connectivity index (χ0v) is 20.4. The first-order chi connectivity index (χ1) is 15.1. The molecule has 0 saturated carbocycles. The summed E-state index contributed by atoms with van der Waals surface area (Å²) >= 11 is 0. The lowest BCUT2D eigenvalue weighted by atomic mass is 9.81. The van der Waals surface area contributed by atoms with E-state index < -0.39 is 0 Å². The summed E-state index contributed by atoms with van der Waals surface area (Å²) in [7, 11) is 2.12. The predicted molar refractivity (Wildman–Crippen MR) is 127 cm³/mol. The Morgan fingerprint density at radius 2 is 1.62 bits per heavy atom. The Balaban J connectivity index is 0.00000216. The Morgan fingerprint density at radius 1 is 0.938 bits per heavy atom. The van der Waals surface area contributed by atoms with E-state index in [-0.39, 0.29) is 22.4 Å². The van der Waals surface area contributed by atoms with Crippen LogP contribution in [0.4, 0.5) is 11.4 Å². The first kappa shape index (κ1) is 21.2. The maximum Gasteiger partial charge on any atom is 0.290 e. The minimum Gasteiger partial charge on any atom is -1.00 e. The van der Waals surface area contributed by atoms with E-state index in [1.54, 1.807) is 0 Å². The Labute approximate surface area is 199 Å². The standard InChI is InChI=1S/C27H28N3O.BrH/c1-27(2)20-13-7-8-14-21(20)29(3)25(27)26-28-24-19-12-6-5-11-18(19)22(17-23(24)31-26)30-15-9-4-10-16-30;/h5-8,11-14,17H,4,9-10,15-16H2,1-3H3;1H/q+1;/p-1. The molecule has 5 heteroatoms. The third-order valence-electron chi connectivity index (χ3n) is 7.14. The fourth-order valence-electron chi connectivity index (χ4n) is 5.61. The normalized spacial score (nSPS) is 17.7. The molecule has 0 amide bonds. The van der Waals surface area contributed by atoms with Crippen molar-refractivity contribution in [2.45, 2.75) is 38.5 Å². The summed E-state index contributed by atoms with van der Waals surface area (Å²) < 4.78 is 8.76. The van der Waals surface area contributed by atoms with Crippen LogP contribution in [0.2, 0.25) is 0 Å². The van der Waals surface area contributed by atoms with Gasteiger partial charge in [0.25, 0.3) is 11.6 Å². The summed E-state index contributed by atoms with van der Waals surface area (Å²) in [5.41, 5.74) is 6.60. The molecule has 3 aromatic carbocycles. The van der Waals surface area contributed by atoms with Crippen molar-refractivity contribution >= 4 is 39.0 Å². The minimum absolute atomic E-state index is 0. The maximum absolute atomic E-state index is 6.51.